The second-order valence-electron chi connectivity index (χ2n) is 3.34. The van der Waals surface area contributed by atoms with Crippen LogP contribution in [0.5, 0.6) is 0 Å². The molecule has 0 aromatic heterocycles. The third-order valence-corrected chi connectivity index (χ3v) is 2.15. The maximum Gasteiger partial charge on any atom is 0.241 e. The Bertz CT molecular complexity index is 427. The maximum absolute atomic E-state index is 11.2. The van der Waals surface area contributed by atoms with Crippen molar-refractivity contribution >= 4 is 35.2 Å². The van der Waals surface area contributed by atoms with Gasteiger partial charge in [-0.1, -0.05) is 12.1 Å². The highest BCUT2D eigenvalue weighted by atomic mass is 35.5. The van der Waals surface area contributed by atoms with E-state index >= 15 is 0 Å². The molecule has 1 rings (SSSR count). The number of halogens is 1. The maximum atomic E-state index is 11.2. The van der Waals surface area contributed by atoms with Crippen molar-refractivity contribution in [3.05, 3.63) is 35.9 Å². The summed E-state index contributed by atoms with van der Waals surface area (Å²) >= 11 is 5.44. The molecule has 0 radical (unpaired) electrons. The first-order valence-corrected chi connectivity index (χ1v) is 5.58. The molecule has 3 N–H and O–H groups in total. The van der Waals surface area contributed by atoms with Crippen LogP contribution in [0.2, 0.25) is 0 Å². The molecular weight excluding hydrogens is 240 g/mol. The number of nitrogens with two attached hydrogens (primary N) is 1. The van der Waals surface area contributed by atoms with E-state index in [9.17, 15) is 9.59 Å². The van der Waals surface area contributed by atoms with Crippen LogP contribution in [0, 0.1) is 0 Å². The lowest BCUT2D eigenvalue weighted by molar-refractivity contribution is -0.116. The second kappa shape index (κ2) is 6.70. The van der Waals surface area contributed by atoms with Crippen LogP contribution in [-0.2, 0) is 9.59 Å². The Kier molecular flexibility index (Phi) is 5.23. The summed E-state index contributed by atoms with van der Waals surface area (Å²) in [7, 11) is 0. The molecule has 0 aliphatic rings. The molecule has 0 spiro atoms. The predicted octanol–water partition coefficient (Wildman–Crippen LogP) is 1.75. The third-order valence-electron chi connectivity index (χ3n) is 1.96. The van der Waals surface area contributed by atoms with Gasteiger partial charge in [0.15, 0.2) is 0 Å². The standard InChI is InChI=1S/C12H13ClN2O2/c13-8-7-12(17)15-10-4-1-9(2-5-10)3-6-11(14)16/h1-6H,7-8H2,(H2,14,16)(H,15,17). The number of hydrogen-bond acceptors (Lipinski definition) is 2. The Hall–Kier alpha value is -1.81. The fourth-order valence-corrected chi connectivity index (χ4v) is 1.34. The highest BCUT2D eigenvalue weighted by molar-refractivity contribution is 6.19. The second-order valence-corrected chi connectivity index (χ2v) is 3.72. The van der Waals surface area contributed by atoms with E-state index in [0.29, 0.717) is 11.6 Å². The summed E-state index contributed by atoms with van der Waals surface area (Å²) in [6.07, 6.45) is 3.17. The van der Waals surface area contributed by atoms with Crippen LogP contribution < -0.4 is 11.1 Å². The molecule has 90 valence electrons. The van der Waals surface area contributed by atoms with Crippen LogP contribution in [-0.4, -0.2) is 17.7 Å². The molecule has 1 aromatic carbocycles. The fourth-order valence-electron chi connectivity index (χ4n) is 1.17. The van der Waals surface area contributed by atoms with Gasteiger partial charge in [0, 0.05) is 24.1 Å². The minimum atomic E-state index is -0.496. The van der Waals surface area contributed by atoms with Crippen molar-refractivity contribution in [1.82, 2.24) is 0 Å². The van der Waals surface area contributed by atoms with E-state index in [-0.39, 0.29) is 12.3 Å². The number of anilines is 1. The summed E-state index contributed by atoms with van der Waals surface area (Å²) in [5.74, 6) is -0.324. The molecule has 17 heavy (non-hydrogen) atoms. The number of primary amides is 1. The zero-order valence-electron chi connectivity index (χ0n) is 9.15. The summed E-state index contributed by atoms with van der Waals surface area (Å²) in [6.45, 7) is 0. The van der Waals surface area contributed by atoms with Gasteiger partial charge in [0.05, 0.1) is 0 Å². The average Bonchev–Trinajstić information content (AvgIpc) is 2.28. The van der Waals surface area contributed by atoms with E-state index in [2.05, 4.69) is 5.32 Å². The Morgan fingerprint density at radius 3 is 2.47 bits per heavy atom. The van der Waals surface area contributed by atoms with Gasteiger partial charge in [0.2, 0.25) is 11.8 Å². The number of carbonyl (C=O) groups excluding carboxylic acids is 2. The van der Waals surface area contributed by atoms with E-state index in [1.165, 1.54) is 6.08 Å². The van der Waals surface area contributed by atoms with Gasteiger partial charge < -0.3 is 11.1 Å². The minimum Gasteiger partial charge on any atom is -0.366 e. The molecular formula is C12H13ClN2O2. The molecule has 0 atom stereocenters. The molecule has 0 fully saturated rings. The van der Waals surface area contributed by atoms with E-state index in [0.717, 1.165) is 5.56 Å². The fraction of sp³-hybridized carbons (Fsp3) is 0.167. The van der Waals surface area contributed by atoms with Crippen molar-refractivity contribution < 1.29 is 9.59 Å². The largest absolute Gasteiger partial charge is 0.366 e. The molecule has 0 aliphatic carbocycles. The summed E-state index contributed by atoms with van der Waals surface area (Å²) in [5.41, 5.74) is 6.50. The van der Waals surface area contributed by atoms with Crippen molar-refractivity contribution in [2.75, 3.05) is 11.2 Å². The first-order valence-electron chi connectivity index (χ1n) is 5.05. The van der Waals surface area contributed by atoms with E-state index in [1.807, 2.05) is 0 Å². The van der Waals surface area contributed by atoms with E-state index < -0.39 is 5.91 Å². The van der Waals surface area contributed by atoms with E-state index in [1.54, 1.807) is 30.3 Å². The van der Waals surface area contributed by atoms with E-state index in [4.69, 9.17) is 17.3 Å². The van der Waals surface area contributed by atoms with Gasteiger partial charge in [-0.15, -0.1) is 11.6 Å². The number of amides is 2. The SMILES string of the molecule is NC(=O)C=Cc1ccc(NC(=O)CCCl)cc1. The highest BCUT2D eigenvalue weighted by Crippen LogP contribution is 2.11. The van der Waals surface area contributed by atoms with Crippen molar-refractivity contribution in [1.29, 1.82) is 0 Å². The minimum absolute atomic E-state index is 0.125. The summed E-state index contributed by atoms with van der Waals surface area (Å²) in [5, 5.41) is 2.70. The van der Waals surface area contributed by atoms with Crippen molar-refractivity contribution in [2.45, 2.75) is 6.42 Å². The normalized spacial score (nSPS) is 10.4. The topological polar surface area (TPSA) is 72.2 Å². The molecule has 0 unspecified atom stereocenters. The lowest BCUT2D eigenvalue weighted by atomic mass is 10.2. The molecule has 2 amide bonds. The summed E-state index contributed by atoms with van der Waals surface area (Å²) < 4.78 is 0. The van der Waals surface area contributed by atoms with Gasteiger partial charge in [0.1, 0.15) is 0 Å². The van der Waals surface area contributed by atoms with Crippen LogP contribution in [0.4, 0.5) is 5.69 Å². The van der Waals surface area contributed by atoms with Gasteiger partial charge >= 0.3 is 0 Å². The van der Waals surface area contributed by atoms with Crippen molar-refractivity contribution in [2.24, 2.45) is 5.73 Å². The van der Waals surface area contributed by atoms with Crippen LogP contribution in [0.15, 0.2) is 30.3 Å². The quantitative estimate of drug-likeness (QED) is 0.619. The van der Waals surface area contributed by atoms with Crippen LogP contribution in [0.1, 0.15) is 12.0 Å². The Morgan fingerprint density at radius 1 is 1.29 bits per heavy atom. The lowest BCUT2D eigenvalue weighted by Gasteiger charge is -2.03. The lowest BCUT2D eigenvalue weighted by Crippen LogP contribution is -2.11. The number of rotatable bonds is 5. The zero-order chi connectivity index (χ0) is 12.7. The van der Waals surface area contributed by atoms with Crippen molar-refractivity contribution in [3.8, 4) is 0 Å². The summed E-state index contributed by atoms with van der Waals surface area (Å²) in [6, 6.07) is 7.03. The van der Waals surface area contributed by atoms with Gasteiger partial charge in [-0.25, -0.2) is 0 Å². The Morgan fingerprint density at radius 2 is 1.94 bits per heavy atom. The Balaban J connectivity index is 2.62. The molecule has 4 nitrogen and oxygen atoms in total. The van der Waals surface area contributed by atoms with Gasteiger partial charge in [-0.2, -0.15) is 0 Å². The molecule has 0 bridgehead atoms. The highest BCUT2D eigenvalue weighted by Gasteiger charge is 2.00. The van der Waals surface area contributed by atoms with Crippen molar-refractivity contribution in [3.63, 3.8) is 0 Å². The Labute approximate surface area is 104 Å². The van der Waals surface area contributed by atoms with Gasteiger partial charge in [-0.3, -0.25) is 9.59 Å². The monoisotopic (exact) mass is 252 g/mol. The average molecular weight is 253 g/mol. The van der Waals surface area contributed by atoms with Crippen LogP contribution in [0.3, 0.4) is 0 Å². The first-order chi connectivity index (χ1) is 8.11. The molecule has 0 saturated carbocycles. The van der Waals surface area contributed by atoms with Crippen LogP contribution in [0.25, 0.3) is 6.08 Å². The third kappa shape index (κ3) is 5.17. The summed E-state index contributed by atoms with van der Waals surface area (Å²) in [4.78, 5) is 21.8. The number of alkyl halides is 1. The van der Waals surface area contributed by atoms with Crippen LogP contribution >= 0.6 is 11.6 Å². The number of hydrogen-bond donors (Lipinski definition) is 2. The molecule has 0 heterocycles. The zero-order valence-corrected chi connectivity index (χ0v) is 9.91. The molecule has 5 heteroatoms. The molecule has 0 saturated heterocycles. The number of benzene rings is 1. The number of carbonyl (C=O) groups is 2. The van der Waals surface area contributed by atoms with Gasteiger partial charge in [0.25, 0.3) is 0 Å². The number of nitrogens with one attached hydrogen (secondary N) is 1. The molecule has 0 aliphatic heterocycles. The smallest absolute Gasteiger partial charge is 0.241 e. The first kappa shape index (κ1) is 13.3. The predicted molar refractivity (Wildman–Crippen MR) is 68.6 cm³/mol. The molecule has 1 aromatic rings. The van der Waals surface area contributed by atoms with Gasteiger partial charge in [-0.05, 0) is 23.8 Å².